The predicted octanol–water partition coefficient (Wildman–Crippen LogP) is 0.991. The van der Waals surface area contributed by atoms with Gasteiger partial charge in [-0.05, 0) is 19.1 Å². The first-order chi connectivity index (χ1) is 13.5. The summed E-state index contributed by atoms with van der Waals surface area (Å²) >= 11 is 0. The summed E-state index contributed by atoms with van der Waals surface area (Å²) < 4.78 is 1.72. The number of para-hydroxylation sites is 1. The molecule has 2 aromatic rings. The maximum atomic E-state index is 12.5. The van der Waals surface area contributed by atoms with Gasteiger partial charge in [-0.15, -0.1) is 0 Å². The molecule has 0 spiro atoms. The molecular weight excluding hydrogens is 358 g/mol. The Kier molecular flexibility index (Phi) is 6.08. The first-order valence-electron chi connectivity index (χ1n) is 9.39. The molecule has 148 valence electrons. The molecule has 3 amide bonds. The smallest absolute Gasteiger partial charge is 0.254 e. The van der Waals surface area contributed by atoms with Crippen molar-refractivity contribution in [1.82, 2.24) is 24.9 Å². The molecule has 1 saturated heterocycles. The number of rotatable bonds is 5. The van der Waals surface area contributed by atoms with Crippen molar-refractivity contribution < 1.29 is 14.4 Å². The third-order valence-electron chi connectivity index (χ3n) is 4.96. The lowest BCUT2D eigenvalue weighted by atomic mass is 10.2. The zero-order valence-corrected chi connectivity index (χ0v) is 16.2. The van der Waals surface area contributed by atoms with Crippen molar-refractivity contribution in [3.05, 3.63) is 47.8 Å². The highest BCUT2D eigenvalue weighted by Gasteiger charge is 2.22. The van der Waals surface area contributed by atoms with E-state index in [0.29, 0.717) is 31.7 Å². The lowest BCUT2D eigenvalue weighted by Gasteiger charge is -2.34. The van der Waals surface area contributed by atoms with E-state index in [0.717, 1.165) is 11.4 Å². The monoisotopic (exact) mass is 383 g/mol. The van der Waals surface area contributed by atoms with Crippen LogP contribution in [0.2, 0.25) is 0 Å². The van der Waals surface area contributed by atoms with E-state index in [4.69, 9.17) is 0 Å². The van der Waals surface area contributed by atoms with Gasteiger partial charge in [-0.25, -0.2) is 4.68 Å². The summed E-state index contributed by atoms with van der Waals surface area (Å²) in [7, 11) is 0. The number of amides is 3. The molecular formula is C20H25N5O3. The van der Waals surface area contributed by atoms with Gasteiger partial charge in [-0.2, -0.15) is 5.10 Å². The second-order valence-electron chi connectivity index (χ2n) is 6.78. The zero-order valence-electron chi connectivity index (χ0n) is 16.2. The molecule has 0 atom stereocenters. The molecule has 1 aromatic heterocycles. The Bertz CT molecular complexity index is 854. The molecule has 1 aliphatic rings. The van der Waals surface area contributed by atoms with Crippen LogP contribution in [0.5, 0.6) is 0 Å². The number of carbonyl (C=O) groups excluding carboxylic acids is 3. The summed E-state index contributed by atoms with van der Waals surface area (Å²) in [4.78, 5) is 39.6. The SMILES string of the molecule is CC(=O)N1CCN(C(=O)CCNC(=O)c2cnn(-c3ccccc3)c2C)CC1. The minimum absolute atomic E-state index is 0.0137. The molecule has 1 aromatic carbocycles. The largest absolute Gasteiger partial charge is 0.351 e. The molecule has 0 unspecified atom stereocenters. The van der Waals surface area contributed by atoms with Gasteiger partial charge in [0.15, 0.2) is 0 Å². The Labute approximate surface area is 164 Å². The predicted molar refractivity (Wildman–Crippen MR) is 104 cm³/mol. The highest BCUT2D eigenvalue weighted by atomic mass is 16.2. The molecule has 2 heterocycles. The number of piperazine rings is 1. The lowest BCUT2D eigenvalue weighted by Crippen LogP contribution is -2.50. The van der Waals surface area contributed by atoms with Crippen LogP contribution in [-0.4, -0.2) is 70.0 Å². The highest BCUT2D eigenvalue weighted by molar-refractivity contribution is 5.95. The van der Waals surface area contributed by atoms with E-state index < -0.39 is 0 Å². The molecule has 0 saturated carbocycles. The van der Waals surface area contributed by atoms with Crippen LogP contribution in [0.25, 0.3) is 5.69 Å². The van der Waals surface area contributed by atoms with Crippen molar-refractivity contribution in [1.29, 1.82) is 0 Å². The number of aromatic nitrogens is 2. The zero-order chi connectivity index (χ0) is 20.1. The Morgan fingerprint density at radius 3 is 2.32 bits per heavy atom. The van der Waals surface area contributed by atoms with E-state index in [1.54, 1.807) is 20.7 Å². The second-order valence-corrected chi connectivity index (χ2v) is 6.78. The molecule has 1 N–H and O–H groups in total. The molecule has 0 bridgehead atoms. The van der Waals surface area contributed by atoms with Crippen LogP contribution in [0, 0.1) is 6.92 Å². The van der Waals surface area contributed by atoms with Crippen LogP contribution in [-0.2, 0) is 9.59 Å². The van der Waals surface area contributed by atoms with Crippen molar-refractivity contribution in [2.24, 2.45) is 0 Å². The lowest BCUT2D eigenvalue weighted by molar-refractivity contribution is -0.138. The fourth-order valence-electron chi connectivity index (χ4n) is 3.27. The molecule has 28 heavy (non-hydrogen) atoms. The van der Waals surface area contributed by atoms with E-state index in [1.807, 2.05) is 37.3 Å². The first kappa shape index (κ1) is 19.6. The van der Waals surface area contributed by atoms with Crippen molar-refractivity contribution in [2.45, 2.75) is 20.3 Å². The van der Waals surface area contributed by atoms with Crippen molar-refractivity contribution in [2.75, 3.05) is 32.7 Å². The minimum atomic E-state index is -0.242. The third-order valence-corrected chi connectivity index (χ3v) is 4.96. The van der Waals surface area contributed by atoms with Crippen LogP contribution in [0.15, 0.2) is 36.5 Å². The molecule has 1 aliphatic heterocycles. The number of hydrogen-bond acceptors (Lipinski definition) is 4. The number of nitrogens with zero attached hydrogens (tertiary/aromatic N) is 4. The molecule has 0 aliphatic carbocycles. The minimum Gasteiger partial charge on any atom is -0.351 e. The Hall–Kier alpha value is -3.16. The van der Waals surface area contributed by atoms with Crippen LogP contribution in [0.4, 0.5) is 0 Å². The summed E-state index contributed by atoms with van der Waals surface area (Å²) in [5, 5.41) is 7.09. The number of carbonyl (C=O) groups is 3. The Morgan fingerprint density at radius 2 is 1.68 bits per heavy atom. The highest BCUT2D eigenvalue weighted by Crippen LogP contribution is 2.13. The maximum absolute atomic E-state index is 12.5. The van der Waals surface area contributed by atoms with Gasteiger partial charge in [-0.1, -0.05) is 18.2 Å². The van der Waals surface area contributed by atoms with Gasteiger partial charge in [0.1, 0.15) is 0 Å². The molecule has 1 fully saturated rings. The van der Waals surface area contributed by atoms with Crippen LogP contribution in [0.1, 0.15) is 29.4 Å². The standard InChI is InChI=1S/C20H25N5O3/c1-15-18(14-22-25(15)17-6-4-3-5-7-17)20(28)21-9-8-19(27)24-12-10-23(11-13-24)16(2)26/h3-7,14H,8-13H2,1-2H3,(H,21,28). The summed E-state index contributed by atoms with van der Waals surface area (Å²) in [5.74, 6) is -0.222. The van der Waals surface area contributed by atoms with E-state index in [1.165, 1.54) is 6.92 Å². The van der Waals surface area contributed by atoms with E-state index >= 15 is 0 Å². The van der Waals surface area contributed by atoms with E-state index in [-0.39, 0.29) is 30.7 Å². The Morgan fingerprint density at radius 1 is 1.04 bits per heavy atom. The summed E-state index contributed by atoms with van der Waals surface area (Å²) in [6.45, 7) is 5.84. The summed E-state index contributed by atoms with van der Waals surface area (Å²) in [5.41, 5.74) is 2.13. The molecule has 0 radical (unpaired) electrons. The van der Waals surface area contributed by atoms with Crippen molar-refractivity contribution in [3.8, 4) is 5.69 Å². The fourth-order valence-corrected chi connectivity index (χ4v) is 3.27. The summed E-state index contributed by atoms with van der Waals surface area (Å²) in [6, 6.07) is 9.60. The number of hydrogen-bond donors (Lipinski definition) is 1. The third kappa shape index (κ3) is 4.39. The van der Waals surface area contributed by atoms with Gasteiger partial charge < -0.3 is 15.1 Å². The summed E-state index contributed by atoms with van der Waals surface area (Å²) in [6.07, 6.45) is 1.78. The fraction of sp³-hybridized carbons (Fsp3) is 0.400. The molecule has 3 rings (SSSR count). The van der Waals surface area contributed by atoms with Crippen molar-refractivity contribution in [3.63, 3.8) is 0 Å². The van der Waals surface area contributed by atoms with Crippen LogP contribution >= 0.6 is 0 Å². The Balaban J connectivity index is 1.49. The van der Waals surface area contributed by atoms with E-state index in [2.05, 4.69) is 10.4 Å². The van der Waals surface area contributed by atoms with Gasteiger partial charge in [0, 0.05) is 46.1 Å². The van der Waals surface area contributed by atoms with Gasteiger partial charge in [0.05, 0.1) is 23.1 Å². The van der Waals surface area contributed by atoms with Crippen molar-refractivity contribution >= 4 is 17.7 Å². The number of benzene rings is 1. The van der Waals surface area contributed by atoms with Crippen LogP contribution < -0.4 is 5.32 Å². The van der Waals surface area contributed by atoms with Gasteiger partial charge in [0.2, 0.25) is 11.8 Å². The average Bonchev–Trinajstić information content (AvgIpc) is 3.10. The van der Waals surface area contributed by atoms with Gasteiger partial charge >= 0.3 is 0 Å². The molecule has 8 nitrogen and oxygen atoms in total. The average molecular weight is 383 g/mol. The van der Waals surface area contributed by atoms with Gasteiger partial charge in [-0.3, -0.25) is 14.4 Å². The normalized spacial score (nSPS) is 14.1. The van der Waals surface area contributed by atoms with E-state index in [9.17, 15) is 14.4 Å². The van der Waals surface area contributed by atoms with Crippen LogP contribution in [0.3, 0.4) is 0 Å². The number of nitrogens with one attached hydrogen (secondary N) is 1. The van der Waals surface area contributed by atoms with Gasteiger partial charge in [0.25, 0.3) is 5.91 Å². The quantitative estimate of drug-likeness (QED) is 0.834. The maximum Gasteiger partial charge on any atom is 0.254 e. The molecule has 8 heteroatoms. The second kappa shape index (κ2) is 8.69. The first-order valence-corrected chi connectivity index (χ1v) is 9.39. The topological polar surface area (TPSA) is 87.5 Å².